The molecule has 4 heteroatoms. The number of aromatic nitrogens is 1. The van der Waals surface area contributed by atoms with Crippen molar-refractivity contribution < 1.29 is 9.53 Å². The van der Waals surface area contributed by atoms with Crippen molar-refractivity contribution in [1.82, 2.24) is 9.88 Å². The second-order valence-electron chi connectivity index (χ2n) is 7.33. The molecule has 0 aliphatic carbocycles. The predicted octanol–water partition coefficient (Wildman–Crippen LogP) is 3.61. The zero-order chi connectivity index (χ0) is 16.5. The summed E-state index contributed by atoms with van der Waals surface area (Å²) in [5.74, 6) is 0.938. The lowest BCUT2D eigenvalue weighted by molar-refractivity contribution is -0.139. The Morgan fingerprint density at radius 2 is 2.04 bits per heavy atom. The van der Waals surface area contributed by atoms with E-state index >= 15 is 0 Å². The number of carbonyl (C=O) groups is 1. The maximum Gasteiger partial charge on any atom is 0.225 e. The number of nitrogens with zero attached hydrogens (tertiary/aromatic N) is 1. The predicted molar refractivity (Wildman–Crippen MR) is 95.1 cm³/mol. The third kappa shape index (κ3) is 3.07. The first-order valence-electron chi connectivity index (χ1n) is 9.16. The van der Waals surface area contributed by atoms with E-state index in [4.69, 9.17) is 4.74 Å². The standard InChI is InChI=1S/C20H26N2O2/c1-14-4-5-18-17(11-14)12-19(21-18)16-3-2-8-22(13-16)20(23)15-6-9-24-10-7-15/h4-5,11-12,15-16,21H,2-3,6-10,13H2,1H3. The van der Waals surface area contributed by atoms with E-state index in [9.17, 15) is 4.79 Å². The van der Waals surface area contributed by atoms with E-state index < -0.39 is 0 Å². The number of nitrogens with one attached hydrogen (secondary N) is 1. The molecule has 0 saturated carbocycles. The lowest BCUT2D eigenvalue weighted by atomic mass is 9.92. The number of benzene rings is 1. The lowest BCUT2D eigenvalue weighted by Gasteiger charge is -2.35. The summed E-state index contributed by atoms with van der Waals surface area (Å²) >= 11 is 0. The highest BCUT2D eigenvalue weighted by molar-refractivity contribution is 5.81. The van der Waals surface area contributed by atoms with Gasteiger partial charge in [-0.1, -0.05) is 11.6 Å². The molecule has 3 heterocycles. The molecular formula is C20H26N2O2. The van der Waals surface area contributed by atoms with Gasteiger partial charge in [0.1, 0.15) is 0 Å². The van der Waals surface area contributed by atoms with Crippen molar-refractivity contribution in [2.45, 2.75) is 38.5 Å². The molecule has 2 aliphatic rings. The molecule has 1 aromatic heterocycles. The fourth-order valence-electron chi connectivity index (χ4n) is 4.13. The first kappa shape index (κ1) is 15.7. The van der Waals surface area contributed by atoms with E-state index in [0.717, 1.165) is 52.0 Å². The van der Waals surface area contributed by atoms with Gasteiger partial charge in [-0.05, 0) is 56.2 Å². The monoisotopic (exact) mass is 326 g/mol. The number of likely N-dealkylation sites (tertiary alicyclic amines) is 1. The first-order chi connectivity index (χ1) is 11.7. The number of aryl methyl sites for hydroxylation is 1. The van der Waals surface area contributed by atoms with Crippen molar-refractivity contribution in [3.05, 3.63) is 35.5 Å². The average Bonchev–Trinajstić information content (AvgIpc) is 3.05. The smallest absolute Gasteiger partial charge is 0.225 e. The van der Waals surface area contributed by atoms with Gasteiger partial charge in [-0.3, -0.25) is 4.79 Å². The fraction of sp³-hybridized carbons (Fsp3) is 0.550. The van der Waals surface area contributed by atoms with E-state index in [2.05, 4.69) is 41.1 Å². The van der Waals surface area contributed by atoms with Crippen LogP contribution in [-0.4, -0.2) is 42.1 Å². The number of carbonyl (C=O) groups excluding carboxylic acids is 1. The number of amides is 1. The van der Waals surface area contributed by atoms with Crippen molar-refractivity contribution >= 4 is 16.8 Å². The summed E-state index contributed by atoms with van der Waals surface area (Å²) in [4.78, 5) is 18.5. The van der Waals surface area contributed by atoms with E-state index in [-0.39, 0.29) is 5.92 Å². The minimum atomic E-state index is 0.169. The molecule has 1 amide bonds. The third-order valence-electron chi connectivity index (χ3n) is 5.54. The number of aromatic amines is 1. The average molecular weight is 326 g/mol. The Kier molecular flexibility index (Phi) is 4.31. The molecule has 1 aromatic carbocycles. The van der Waals surface area contributed by atoms with E-state index in [1.807, 2.05) is 0 Å². The highest BCUT2D eigenvalue weighted by Gasteiger charge is 2.31. The van der Waals surface area contributed by atoms with Gasteiger partial charge in [0, 0.05) is 49.3 Å². The third-order valence-corrected chi connectivity index (χ3v) is 5.54. The molecule has 1 atom stereocenters. The SMILES string of the molecule is Cc1ccc2[nH]c(C3CCCN(C(=O)C4CCOCC4)C3)cc2c1. The van der Waals surface area contributed by atoms with Crippen LogP contribution in [0.3, 0.4) is 0 Å². The van der Waals surface area contributed by atoms with Crippen LogP contribution in [0.1, 0.15) is 42.9 Å². The number of rotatable bonds is 2. The highest BCUT2D eigenvalue weighted by Crippen LogP contribution is 2.30. The van der Waals surface area contributed by atoms with Gasteiger partial charge in [0.15, 0.2) is 0 Å². The Morgan fingerprint density at radius 1 is 1.21 bits per heavy atom. The summed E-state index contributed by atoms with van der Waals surface area (Å²) in [7, 11) is 0. The molecule has 2 fully saturated rings. The van der Waals surface area contributed by atoms with Crippen LogP contribution in [-0.2, 0) is 9.53 Å². The quantitative estimate of drug-likeness (QED) is 0.916. The van der Waals surface area contributed by atoms with E-state index in [1.54, 1.807) is 0 Å². The summed E-state index contributed by atoms with van der Waals surface area (Å²) in [5.41, 5.74) is 3.76. The second kappa shape index (κ2) is 6.60. The van der Waals surface area contributed by atoms with Crippen LogP contribution in [0.15, 0.2) is 24.3 Å². The minimum Gasteiger partial charge on any atom is -0.381 e. The maximum atomic E-state index is 12.8. The van der Waals surface area contributed by atoms with Crippen LogP contribution in [0, 0.1) is 12.8 Å². The van der Waals surface area contributed by atoms with Crippen molar-refractivity contribution in [3.8, 4) is 0 Å². The molecule has 128 valence electrons. The molecule has 0 radical (unpaired) electrons. The summed E-state index contributed by atoms with van der Waals surface area (Å²) in [6.07, 6.45) is 4.01. The van der Waals surface area contributed by atoms with Crippen LogP contribution in [0.2, 0.25) is 0 Å². The molecule has 2 aromatic rings. The van der Waals surface area contributed by atoms with Crippen LogP contribution < -0.4 is 0 Å². The van der Waals surface area contributed by atoms with Gasteiger partial charge in [0.05, 0.1) is 0 Å². The number of fused-ring (bicyclic) bond motifs is 1. The molecule has 1 unspecified atom stereocenters. The normalized spacial score (nSPS) is 22.9. The van der Waals surface area contributed by atoms with Gasteiger partial charge >= 0.3 is 0 Å². The molecule has 0 spiro atoms. The molecule has 0 bridgehead atoms. The Balaban J connectivity index is 1.50. The van der Waals surface area contributed by atoms with E-state index in [0.29, 0.717) is 11.8 Å². The number of hydrogen-bond donors (Lipinski definition) is 1. The first-order valence-corrected chi connectivity index (χ1v) is 9.16. The zero-order valence-corrected chi connectivity index (χ0v) is 14.4. The minimum absolute atomic E-state index is 0.169. The van der Waals surface area contributed by atoms with Crippen LogP contribution in [0.25, 0.3) is 10.9 Å². The van der Waals surface area contributed by atoms with Crippen LogP contribution in [0.4, 0.5) is 0 Å². The van der Waals surface area contributed by atoms with Gasteiger partial charge in [-0.2, -0.15) is 0 Å². The molecule has 4 nitrogen and oxygen atoms in total. The number of hydrogen-bond acceptors (Lipinski definition) is 2. The maximum absolute atomic E-state index is 12.8. The van der Waals surface area contributed by atoms with Gasteiger partial charge in [-0.15, -0.1) is 0 Å². The molecular weight excluding hydrogens is 300 g/mol. The van der Waals surface area contributed by atoms with Crippen molar-refractivity contribution in [1.29, 1.82) is 0 Å². The number of ether oxygens (including phenoxy) is 1. The van der Waals surface area contributed by atoms with Gasteiger partial charge in [0.25, 0.3) is 0 Å². The Morgan fingerprint density at radius 3 is 2.88 bits per heavy atom. The van der Waals surface area contributed by atoms with Crippen LogP contribution >= 0.6 is 0 Å². The summed E-state index contributed by atoms with van der Waals surface area (Å²) in [6.45, 7) is 5.35. The largest absolute Gasteiger partial charge is 0.381 e. The Hall–Kier alpha value is -1.81. The summed E-state index contributed by atoms with van der Waals surface area (Å²) < 4.78 is 5.40. The summed E-state index contributed by atoms with van der Waals surface area (Å²) in [6, 6.07) is 8.80. The fourth-order valence-corrected chi connectivity index (χ4v) is 4.13. The zero-order valence-electron chi connectivity index (χ0n) is 14.4. The van der Waals surface area contributed by atoms with Gasteiger partial charge in [0.2, 0.25) is 5.91 Å². The van der Waals surface area contributed by atoms with Crippen molar-refractivity contribution in [2.24, 2.45) is 5.92 Å². The van der Waals surface area contributed by atoms with Gasteiger partial charge < -0.3 is 14.6 Å². The molecule has 4 rings (SSSR count). The highest BCUT2D eigenvalue weighted by atomic mass is 16.5. The topological polar surface area (TPSA) is 45.3 Å². The van der Waals surface area contributed by atoms with Crippen LogP contribution in [0.5, 0.6) is 0 Å². The molecule has 2 saturated heterocycles. The van der Waals surface area contributed by atoms with Gasteiger partial charge in [-0.25, -0.2) is 0 Å². The lowest BCUT2D eigenvalue weighted by Crippen LogP contribution is -2.43. The van der Waals surface area contributed by atoms with E-state index in [1.165, 1.54) is 22.2 Å². The number of H-pyrrole nitrogens is 1. The second-order valence-corrected chi connectivity index (χ2v) is 7.33. The Labute approximate surface area is 143 Å². The number of piperidine rings is 1. The summed E-state index contributed by atoms with van der Waals surface area (Å²) in [5, 5.41) is 1.28. The molecule has 1 N–H and O–H groups in total. The van der Waals surface area contributed by atoms with Crippen molar-refractivity contribution in [2.75, 3.05) is 26.3 Å². The molecule has 24 heavy (non-hydrogen) atoms. The Bertz CT molecular complexity index is 730. The molecule has 2 aliphatic heterocycles. The van der Waals surface area contributed by atoms with Crippen molar-refractivity contribution in [3.63, 3.8) is 0 Å².